The lowest BCUT2D eigenvalue weighted by molar-refractivity contribution is 0.242. The molecule has 4 heteroatoms. The van der Waals surface area contributed by atoms with E-state index in [1.807, 2.05) is 45.0 Å². The molecule has 0 unspecified atom stereocenters. The van der Waals surface area contributed by atoms with Crippen LogP contribution in [0.15, 0.2) is 24.3 Å². The van der Waals surface area contributed by atoms with Gasteiger partial charge in [0.1, 0.15) is 5.75 Å². The number of rotatable bonds is 4. The molecule has 0 bridgehead atoms. The number of ether oxygens (including phenoxy) is 2. The van der Waals surface area contributed by atoms with E-state index in [-0.39, 0.29) is 6.10 Å². The summed E-state index contributed by atoms with van der Waals surface area (Å²) in [6.07, 6.45) is 0.183. The number of aromatic amines is 1. The maximum atomic E-state index is 5.61. The zero-order valence-electron chi connectivity index (χ0n) is 11.2. The largest absolute Gasteiger partial charge is 0.491 e. The van der Waals surface area contributed by atoms with Crippen molar-refractivity contribution in [3.8, 4) is 23.0 Å². The summed E-state index contributed by atoms with van der Waals surface area (Å²) in [5, 5.41) is 0. The molecule has 0 radical (unpaired) electrons. The van der Waals surface area contributed by atoms with Gasteiger partial charge in [-0.1, -0.05) is 0 Å². The van der Waals surface area contributed by atoms with Crippen molar-refractivity contribution < 1.29 is 9.47 Å². The number of hydrogen-bond acceptors (Lipinski definition) is 3. The van der Waals surface area contributed by atoms with Crippen molar-refractivity contribution in [3.05, 3.63) is 30.0 Å². The molecule has 2 aromatic rings. The number of nitrogens with one attached hydrogen (secondary N) is 1. The van der Waals surface area contributed by atoms with Gasteiger partial charge in [0, 0.05) is 11.3 Å². The van der Waals surface area contributed by atoms with Gasteiger partial charge in [0.15, 0.2) is 0 Å². The van der Waals surface area contributed by atoms with Gasteiger partial charge in [-0.25, -0.2) is 0 Å². The van der Waals surface area contributed by atoms with Crippen molar-refractivity contribution in [3.63, 3.8) is 0 Å². The average molecular weight is 246 g/mol. The Morgan fingerprint density at radius 2 is 1.83 bits per heavy atom. The van der Waals surface area contributed by atoms with Crippen molar-refractivity contribution >= 4 is 0 Å². The summed E-state index contributed by atoms with van der Waals surface area (Å²) in [7, 11) is 1.60. The van der Waals surface area contributed by atoms with Gasteiger partial charge >= 0.3 is 0 Å². The Morgan fingerprint density at radius 3 is 2.33 bits per heavy atom. The van der Waals surface area contributed by atoms with E-state index in [0.717, 1.165) is 22.7 Å². The number of H-pyrrole nitrogens is 1. The highest BCUT2D eigenvalue weighted by atomic mass is 16.5. The zero-order valence-corrected chi connectivity index (χ0v) is 11.2. The molecule has 0 atom stereocenters. The molecule has 0 saturated heterocycles. The number of benzene rings is 1. The molecule has 4 nitrogen and oxygen atoms in total. The second-order valence-electron chi connectivity index (χ2n) is 4.41. The van der Waals surface area contributed by atoms with E-state index in [2.05, 4.69) is 9.97 Å². The van der Waals surface area contributed by atoms with Crippen LogP contribution in [0.5, 0.6) is 11.8 Å². The molecule has 0 aliphatic rings. The first kappa shape index (κ1) is 12.5. The highest BCUT2D eigenvalue weighted by Gasteiger charge is 2.09. The summed E-state index contributed by atoms with van der Waals surface area (Å²) in [5.74, 6) is 0.869. The minimum absolute atomic E-state index is 0.183. The van der Waals surface area contributed by atoms with Gasteiger partial charge in [-0.05, 0) is 45.0 Å². The fourth-order valence-corrected chi connectivity index (χ4v) is 1.77. The topological polar surface area (TPSA) is 47.1 Å². The first-order valence-corrected chi connectivity index (χ1v) is 5.98. The molecule has 2 rings (SSSR count). The van der Waals surface area contributed by atoms with Gasteiger partial charge in [-0.15, -0.1) is 0 Å². The van der Waals surface area contributed by atoms with Gasteiger partial charge in [-0.3, -0.25) is 0 Å². The molecule has 1 N–H and O–H groups in total. The Kier molecular flexibility index (Phi) is 3.55. The van der Waals surface area contributed by atoms with Crippen LogP contribution in [0.3, 0.4) is 0 Å². The smallest absolute Gasteiger partial charge is 0.294 e. The minimum atomic E-state index is 0.183. The van der Waals surface area contributed by atoms with E-state index in [1.54, 1.807) is 7.11 Å². The normalized spacial score (nSPS) is 10.7. The summed E-state index contributed by atoms with van der Waals surface area (Å²) in [4.78, 5) is 7.45. The van der Waals surface area contributed by atoms with Crippen LogP contribution in [0.25, 0.3) is 11.3 Å². The van der Waals surface area contributed by atoms with Crippen LogP contribution in [0.4, 0.5) is 0 Å². The van der Waals surface area contributed by atoms with E-state index in [1.165, 1.54) is 0 Å². The monoisotopic (exact) mass is 246 g/mol. The molecule has 0 fully saturated rings. The van der Waals surface area contributed by atoms with Crippen molar-refractivity contribution in [2.24, 2.45) is 0 Å². The summed E-state index contributed by atoms with van der Waals surface area (Å²) in [5.41, 5.74) is 2.94. The van der Waals surface area contributed by atoms with Crippen molar-refractivity contribution in [1.82, 2.24) is 9.97 Å². The fourth-order valence-electron chi connectivity index (χ4n) is 1.77. The van der Waals surface area contributed by atoms with Crippen molar-refractivity contribution in [2.45, 2.75) is 26.9 Å². The third-order valence-electron chi connectivity index (χ3n) is 2.56. The minimum Gasteiger partial charge on any atom is -0.491 e. The van der Waals surface area contributed by atoms with E-state index < -0.39 is 0 Å². The molecule has 0 spiro atoms. The third-order valence-corrected chi connectivity index (χ3v) is 2.56. The molecule has 0 aliphatic carbocycles. The van der Waals surface area contributed by atoms with Crippen LogP contribution in [-0.4, -0.2) is 23.2 Å². The Hall–Kier alpha value is -1.97. The number of hydrogen-bond donors (Lipinski definition) is 1. The quantitative estimate of drug-likeness (QED) is 0.901. The Bertz CT molecular complexity index is 515. The van der Waals surface area contributed by atoms with E-state index >= 15 is 0 Å². The summed E-state index contributed by atoms with van der Waals surface area (Å²) in [6.45, 7) is 6.00. The molecular weight excluding hydrogens is 228 g/mol. The van der Waals surface area contributed by atoms with Crippen molar-refractivity contribution in [1.29, 1.82) is 0 Å². The van der Waals surface area contributed by atoms with Crippen LogP contribution in [0.1, 0.15) is 19.5 Å². The first-order valence-electron chi connectivity index (χ1n) is 5.98. The van der Waals surface area contributed by atoms with E-state index in [9.17, 15) is 0 Å². The lowest BCUT2D eigenvalue weighted by Crippen LogP contribution is -2.05. The molecule has 18 heavy (non-hydrogen) atoms. The Labute approximate surface area is 107 Å². The number of aryl methyl sites for hydroxylation is 1. The van der Waals surface area contributed by atoms with Crippen LogP contribution in [0, 0.1) is 6.92 Å². The lowest BCUT2D eigenvalue weighted by Gasteiger charge is -2.09. The molecule has 0 aliphatic heterocycles. The zero-order chi connectivity index (χ0) is 13.1. The number of imidazole rings is 1. The summed E-state index contributed by atoms with van der Waals surface area (Å²) >= 11 is 0. The summed E-state index contributed by atoms with van der Waals surface area (Å²) < 4.78 is 10.7. The molecule has 1 aromatic heterocycles. The van der Waals surface area contributed by atoms with Gasteiger partial charge in [0.05, 0.1) is 18.9 Å². The van der Waals surface area contributed by atoms with Crippen LogP contribution in [0.2, 0.25) is 0 Å². The SMILES string of the molecule is COc1nc(-c2ccc(OC(C)C)cc2)c(C)[nH]1. The summed E-state index contributed by atoms with van der Waals surface area (Å²) in [6, 6.07) is 8.44. The molecule has 0 saturated carbocycles. The highest BCUT2D eigenvalue weighted by Crippen LogP contribution is 2.25. The Morgan fingerprint density at radius 1 is 1.17 bits per heavy atom. The molecule has 1 aromatic carbocycles. The highest BCUT2D eigenvalue weighted by molar-refractivity contribution is 5.63. The second kappa shape index (κ2) is 5.12. The van der Waals surface area contributed by atoms with E-state index in [0.29, 0.717) is 6.01 Å². The standard InChI is InChI=1S/C14H18N2O2/c1-9(2)18-12-7-5-11(6-8-12)13-10(3)15-14(16-13)17-4/h5-9H,1-4H3,(H,15,16). The predicted octanol–water partition coefficient (Wildman–Crippen LogP) is 3.18. The predicted molar refractivity (Wildman–Crippen MR) is 71.1 cm³/mol. The number of nitrogens with zero attached hydrogens (tertiary/aromatic N) is 1. The number of aromatic nitrogens is 2. The van der Waals surface area contributed by atoms with Crippen LogP contribution in [-0.2, 0) is 0 Å². The van der Waals surface area contributed by atoms with Gasteiger partial charge < -0.3 is 14.5 Å². The van der Waals surface area contributed by atoms with Gasteiger partial charge in [-0.2, -0.15) is 4.98 Å². The molecule has 1 heterocycles. The van der Waals surface area contributed by atoms with Gasteiger partial charge in [0.25, 0.3) is 6.01 Å². The molecular formula is C14H18N2O2. The van der Waals surface area contributed by atoms with E-state index in [4.69, 9.17) is 9.47 Å². The average Bonchev–Trinajstić information content (AvgIpc) is 2.71. The van der Waals surface area contributed by atoms with Crippen molar-refractivity contribution in [2.75, 3.05) is 7.11 Å². The maximum Gasteiger partial charge on any atom is 0.294 e. The van der Waals surface area contributed by atoms with Gasteiger partial charge in [0.2, 0.25) is 0 Å². The Balaban J connectivity index is 2.25. The third kappa shape index (κ3) is 2.64. The first-order chi connectivity index (χ1) is 8.60. The van der Waals surface area contributed by atoms with Crippen LogP contribution < -0.4 is 9.47 Å². The fraction of sp³-hybridized carbons (Fsp3) is 0.357. The second-order valence-corrected chi connectivity index (χ2v) is 4.41. The van der Waals surface area contributed by atoms with Crippen LogP contribution >= 0.6 is 0 Å². The lowest BCUT2D eigenvalue weighted by atomic mass is 10.1. The number of methoxy groups -OCH3 is 1. The molecule has 0 amide bonds. The molecule has 96 valence electrons. The maximum absolute atomic E-state index is 5.61.